The lowest BCUT2D eigenvalue weighted by atomic mass is 9.95. The summed E-state index contributed by atoms with van der Waals surface area (Å²) in [5.74, 6) is 0.105. The van der Waals surface area contributed by atoms with Crippen LogP contribution < -0.4 is 0 Å². The third-order valence-corrected chi connectivity index (χ3v) is 5.20. The van der Waals surface area contributed by atoms with Crippen molar-refractivity contribution in [2.45, 2.75) is 51.5 Å². The molecule has 1 aromatic heterocycles. The van der Waals surface area contributed by atoms with Gasteiger partial charge in [0.05, 0.1) is 6.04 Å². The van der Waals surface area contributed by atoms with Gasteiger partial charge in [-0.3, -0.25) is 9.89 Å². The van der Waals surface area contributed by atoms with E-state index in [1.807, 2.05) is 4.90 Å². The van der Waals surface area contributed by atoms with E-state index in [1.165, 1.54) is 23.2 Å². The molecule has 2 aliphatic rings. The van der Waals surface area contributed by atoms with E-state index >= 15 is 0 Å². The molecule has 0 radical (unpaired) electrons. The first kappa shape index (κ1) is 14.5. The standard InChI is InChI=1S/C19H23N3O/c1-13-6-4-7-14(12-13)17-10-5-11-22(17)19(23)18-15-8-2-3-9-16(15)20-21-18/h4,6-7,12,17H,2-3,5,8-11H2,1H3,(H,20,21). The van der Waals surface area contributed by atoms with Crippen molar-refractivity contribution in [3.8, 4) is 0 Å². The molecule has 1 aromatic carbocycles. The normalized spacial score (nSPS) is 20.6. The molecule has 4 heteroatoms. The number of nitrogens with one attached hydrogen (secondary N) is 1. The molecule has 23 heavy (non-hydrogen) atoms. The van der Waals surface area contributed by atoms with Crippen LogP contribution in [-0.2, 0) is 12.8 Å². The van der Waals surface area contributed by atoms with Crippen LogP contribution in [-0.4, -0.2) is 27.5 Å². The number of amides is 1. The van der Waals surface area contributed by atoms with Crippen molar-refractivity contribution in [2.24, 2.45) is 0 Å². The van der Waals surface area contributed by atoms with Crippen molar-refractivity contribution in [1.82, 2.24) is 15.1 Å². The maximum absolute atomic E-state index is 13.1. The van der Waals surface area contributed by atoms with Crippen molar-refractivity contribution in [1.29, 1.82) is 0 Å². The van der Waals surface area contributed by atoms with Crippen LogP contribution in [0.25, 0.3) is 0 Å². The van der Waals surface area contributed by atoms with Crippen LogP contribution in [0, 0.1) is 6.92 Å². The number of carbonyl (C=O) groups excluding carboxylic acids is 1. The first-order chi connectivity index (χ1) is 11.2. The van der Waals surface area contributed by atoms with Gasteiger partial charge in [0.25, 0.3) is 5.91 Å². The Balaban J connectivity index is 1.64. The zero-order valence-corrected chi connectivity index (χ0v) is 13.6. The maximum Gasteiger partial charge on any atom is 0.275 e. The van der Waals surface area contributed by atoms with Crippen molar-refractivity contribution in [3.63, 3.8) is 0 Å². The highest BCUT2D eigenvalue weighted by molar-refractivity contribution is 5.94. The highest BCUT2D eigenvalue weighted by Gasteiger charge is 2.33. The molecule has 1 aliphatic heterocycles. The molecule has 2 aromatic rings. The molecule has 0 bridgehead atoms. The van der Waals surface area contributed by atoms with E-state index in [9.17, 15) is 4.79 Å². The summed E-state index contributed by atoms with van der Waals surface area (Å²) >= 11 is 0. The van der Waals surface area contributed by atoms with Crippen LogP contribution >= 0.6 is 0 Å². The number of likely N-dealkylation sites (tertiary alicyclic amines) is 1. The summed E-state index contributed by atoms with van der Waals surface area (Å²) in [6, 6.07) is 8.73. The van der Waals surface area contributed by atoms with Crippen LogP contribution in [0.2, 0.25) is 0 Å². The van der Waals surface area contributed by atoms with Gasteiger partial charge in [0.2, 0.25) is 0 Å². The minimum absolute atomic E-state index is 0.105. The monoisotopic (exact) mass is 309 g/mol. The Kier molecular flexibility index (Phi) is 3.68. The fourth-order valence-electron chi connectivity index (χ4n) is 4.03. The van der Waals surface area contributed by atoms with Gasteiger partial charge in [-0.05, 0) is 51.0 Å². The predicted molar refractivity (Wildman–Crippen MR) is 89.4 cm³/mol. The third-order valence-electron chi connectivity index (χ3n) is 5.20. The number of carbonyl (C=O) groups is 1. The van der Waals surface area contributed by atoms with Gasteiger partial charge in [-0.2, -0.15) is 5.10 Å². The highest BCUT2D eigenvalue weighted by atomic mass is 16.2. The lowest BCUT2D eigenvalue weighted by Crippen LogP contribution is -2.31. The summed E-state index contributed by atoms with van der Waals surface area (Å²) in [4.78, 5) is 15.1. The molecule has 1 atom stereocenters. The minimum Gasteiger partial charge on any atom is -0.330 e. The Labute approximate surface area is 136 Å². The molecule has 2 heterocycles. The molecular formula is C19H23N3O. The van der Waals surface area contributed by atoms with E-state index in [2.05, 4.69) is 41.4 Å². The van der Waals surface area contributed by atoms with Gasteiger partial charge < -0.3 is 4.90 Å². The van der Waals surface area contributed by atoms with Crippen molar-refractivity contribution in [2.75, 3.05) is 6.54 Å². The van der Waals surface area contributed by atoms with E-state index in [1.54, 1.807) is 0 Å². The van der Waals surface area contributed by atoms with Gasteiger partial charge in [0, 0.05) is 17.8 Å². The van der Waals surface area contributed by atoms with Crippen molar-refractivity contribution in [3.05, 3.63) is 52.3 Å². The lowest BCUT2D eigenvalue weighted by molar-refractivity contribution is 0.0728. The fourth-order valence-corrected chi connectivity index (χ4v) is 4.03. The van der Waals surface area contributed by atoms with E-state index < -0.39 is 0 Å². The second kappa shape index (κ2) is 5.84. The smallest absolute Gasteiger partial charge is 0.275 e. The van der Waals surface area contributed by atoms with Gasteiger partial charge in [0.15, 0.2) is 5.69 Å². The number of hydrogen-bond acceptors (Lipinski definition) is 2. The van der Waals surface area contributed by atoms with Crippen molar-refractivity contribution < 1.29 is 4.79 Å². The molecular weight excluding hydrogens is 286 g/mol. The molecule has 120 valence electrons. The number of H-pyrrole nitrogens is 1. The summed E-state index contributed by atoms with van der Waals surface area (Å²) < 4.78 is 0. The van der Waals surface area contributed by atoms with E-state index in [4.69, 9.17) is 0 Å². The topological polar surface area (TPSA) is 49.0 Å². The van der Waals surface area contributed by atoms with Gasteiger partial charge in [-0.15, -0.1) is 0 Å². The Morgan fingerprint density at radius 1 is 1.26 bits per heavy atom. The summed E-state index contributed by atoms with van der Waals surface area (Å²) in [6.45, 7) is 2.94. The summed E-state index contributed by atoms with van der Waals surface area (Å²) in [5, 5.41) is 7.47. The number of hydrogen-bond donors (Lipinski definition) is 1. The average molecular weight is 309 g/mol. The number of rotatable bonds is 2. The number of nitrogens with zero attached hydrogens (tertiary/aromatic N) is 2. The quantitative estimate of drug-likeness (QED) is 0.922. The van der Waals surface area contributed by atoms with Crippen LogP contribution in [0.15, 0.2) is 24.3 Å². The van der Waals surface area contributed by atoms with Gasteiger partial charge in [-0.1, -0.05) is 29.8 Å². The first-order valence-corrected chi connectivity index (χ1v) is 8.67. The maximum atomic E-state index is 13.1. The Morgan fingerprint density at radius 2 is 2.13 bits per heavy atom. The SMILES string of the molecule is Cc1cccc(C2CCCN2C(=O)c2n[nH]c3c2CCCC3)c1. The second-order valence-electron chi connectivity index (χ2n) is 6.81. The molecule has 4 nitrogen and oxygen atoms in total. The predicted octanol–water partition coefficient (Wildman–Crippen LogP) is 3.57. The molecule has 4 rings (SSSR count). The van der Waals surface area contributed by atoms with Gasteiger partial charge in [0.1, 0.15) is 0 Å². The highest BCUT2D eigenvalue weighted by Crippen LogP contribution is 2.34. The van der Waals surface area contributed by atoms with Crippen molar-refractivity contribution >= 4 is 5.91 Å². The summed E-state index contributed by atoms with van der Waals surface area (Å²) in [7, 11) is 0. The largest absolute Gasteiger partial charge is 0.330 e. The van der Waals surface area contributed by atoms with E-state index in [0.717, 1.165) is 44.2 Å². The fraction of sp³-hybridized carbons (Fsp3) is 0.474. The van der Waals surface area contributed by atoms with Crippen LogP contribution in [0.4, 0.5) is 0 Å². The number of benzene rings is 1. The minimum atomic E-state index is 0.105. The zero-order chi connectivity index (χ0) is 15.8. The molecule has 1 N–H and O–H groups in total. The Hall–Kier alpha value is -2.10. The van der Waals surface area contributed by atoms with E-state index in [-0.39, 0.29) is 11.9 Å². The van der Waals surface area contributed by atoms with Gasteiger partial charge >= 0.3 is 0 Å². The zero-order valence-electron chi connectivity index (χ0n) is 13.6. The molecule has 0 saturated carbocycles. The summed E-state index contributed by atoms with van der Waals surface area (Å²) in [6.07, 6.45) is 6.47. The molecule has 1 fully saturated rings. The van der Waals surface area contributed by atoms with Gasteiger partial charge in [-0.25, -0.2) is 0 Å². The summed E-state index contributed by atoms with van der Waals surface area (Å²) in [5.41, 5.74) is 5.50. The second-order valence-corrected chi connectivity index (χ2v) is 6.81. The average Bonchev–Trinajstić information content (AvgIpc) is 3.21. The van der Waals surface area contributed by atoms with Crippen LogP contribution in [0.5, 0.6) is 0 Å². The van der Waals surface area contributed by atoms with Crippen LogP contribution in [0.1, 0.15) is 64.6 Å². The number of aromatic amines is 1. The molecule has 1 unspecified atom stereocenters. The van der Waals surface area contributed by atoms with Crippen LogP contribution in [0.3, 0.4) is 0 Å². The molecule has 1 amide bonds. The Morgan fingerprint density at radius 3 is 3.00 bits per heavy atom. The lowest BCUT2D eigenvalue weighted by Gasteiger charge is -2.25. The Bertz CT molecular complexity index is 734. The number of fused-ring (bicyclic) bond motifs is 1. The van der Waals surface area contributed by atoms with E-state index in [0.29, 0.717) is 5.69 Å². The molecule has 1 aliphatic carbocycles. The molecule has 0 spiro atoms. The number of aromatic nitrogens is 2. The number of aryl methyl sites for hydroxylation is 2. The first-order valence-electron chi connectivity index (χ1n) is 8.67. The third kappa shape index (κ3) is 2.56. The molecule has 1 saturated heterocycles.